The number of carbonyl (C=O) groups excluding carboxylic acids is 2. The highest BCUT2D eigenvalue weighted by Gasteiger charge is 2.42. The Kier molecular flexibility index (Phi) is 8.50. The summed E-state index contributed by atoms with van der Waals surface area (Å²) in [5.41, 5.74) is 0.389. The molecule has 196 valence electrons. The monoisotopic (exact) mass is 508 g/mol. The summed E-state index contributed by atoms with van der Waals surface area (Å²) in [6.07, 6.45) is -3.10. The molecule has 0 saturated carbocycles. The number of alkyl carbamates (subject to hydrolysis) is 1. The lowest BCUT2D eigenvalue weighted by Gasteiger charge is -2.26. The maximum Gasteiger partial charge on any atom is 0.509 e. The fourth-order valence-electron chi connectivity index (χ4n) is 3.79. The van der Waals surface area contributed by atoms with E-state index in [0.717, 1.165) is 12.5 Å². The molecule has 0 radical (unpaired) electrons. The summed E-state index contributed by atoms with van der Waals surface area (Å²) < 4.78 is 56.8. The van der Waals surface area contributed by atoms with Crippen LogP contribution >= 0.6 is 0 Å². The van der Waals surface area contributed by atoms with Crippen molar-refractivity contribution in [2.75, 3.05) is 6.54 Å². The van der Waals surface area contributed by atoms with Crippen molar-refractivity contribution in [2.45, 2.75) is 70.4 Å². The van der Waals surface area contributed by atoms with E-state index < -0.39 is 47.8 Å². The van der Waals surface area contributed by atoms with Crippen molar-refractivity contribution >= 4 is 12.2 Å². The summed E-state index contributed by atoms with van der Waals surface area (Å²) in [7, 11) is 0. The molecule has 3 rings (SSSR count). The third kappa shape index (κ3) is 8.15. The average Bonchev–Trinajstić information content (AvgIpc) is 3.11. The molecule has 10 heteroatoms. The minimum absolute atomic E-state index is 0.0334. The van der Waals surface area contributed by atoms with Crippen LogP contribution in [0.15, 0.2) is 48.5 Å². The molecule has 2 aromatic rings. The van der Waals surface area contributed by atoms with Crippen molar-refractivity contribution in [1.82, 2.24) is 10.6 Å². The van der Waals surface area contributed by atoms with Crippen LogP contribution in [-0.2, 0) is 33.1 Å². The van der Waals surface area contributed by atoms with Gasteiger partial charge in [-0.15, -0.1) is 0 Å². The Balaban J connectivity index is 1.69. The van der Waals surface area contributed by atoms with E-state index in [-0.39, 0.29) is 18.7 Å². The van der Waals surface area contributed by atoms with Gasteiger partial charge in [0.25, 0.3) is 5.92 Å². The number of ether oxygens (including phenoxy) is 3. The van der Waals surface area contributed by atoms with Gasteiger partial charge in [-0.2, -0.15) is 0 Å². The summed E-state index contributed by atoms with van der Waals surface area (Å²) in [6, 6.07) is 11.2. The highest BCUT2D eigenvalue weighted by molar-refractivity contribution is 5.67. The minimum Gasteiger partial charge on any atom is -0.441 e. The van der Waals surface area contributed by atoms with Gasteiger partial charge in [0.05, 0.1) is 6.04 Å². The highest BCUT2D eigenvalue weighted by atomic mass is 19.3. The van der Waals surface area contributed by atoms with Crippen molar-refractivity contribution in [3.63, 3.8) is 0 Å². The number of carbonyl (C=O) groups is 2. The Morgan fingerprint density at radius 3 is 2.33 bits per heavy atom. The Morgan fingerprint density at radius 1 is 1.03 bits per heavy atom. The van der Waals surface area contributed by atoms with E-state index in [1.807, 2.05) is 0 Å². The lowest BCUT2D eigenvalue weighted by molar-refractivity contribution is -0.0518. The summed E-state index contributed by atoms with van der Waals surface area (Å²) in [4.78, 5) is 24.8. The van der Waals surface area contributed by atoms with Crippen LogP contribution in [0.25, 0.3) is 0 Å². The highest BCUT2D eigenvalue weighted by Crippen LogP contribution is 2.28. The van der Waals surface area contributed by atoms with Gasteiger partial charge in [-0.25, -0.2) is 22.8 Å². The number of hydrogen-bond acceptors (Lipinski definition) is 6. The predicted molar refractivity (Wildman–Crippen MR) is 126 cm³/mol. The predicted octanol–water partition coefficient (Wildman–Crippen LogP) is 5.07. The van der Waals surface area contributed by atoms with Crippen LogP contribution in [0.2, 0.25) is 0 Å². The molecule has 3 atom stereocenters. The molecule has 7 nitrogen and oxygen atoms in total. The van der Waals surface area contributed by atoms with E-state index in [0.29, 0.717) is 12.0 Å². The first-order valence-electron chi connectivity index (χ1n) is 11.6. The molecular weight excluding hydrogens is 477 g/mol. The van der Waals surface area contributed by atoms with E-state index in [2.05, 4.69) is 10.6 Å². The number of hydrogen-bond donors (Lipinski definition) is 2. The number of halogens is 3. The van der Waals surface area contributed by atoms with E-state index in [4.69, 9.17) is 14.2 Å². The molecule has 0 bridgehead atoms. The maximum atomic E-state index is 13.5. The largest absolute Gasteiger partial charge is 0.509 e. The zero-order valence-corrected chi connectivity index (χ0v) is 20.6. The molecule has 1 aliphatic rings. The Bertz CT molecular complexity index is 1050. The van der Waals surface area contributed by atoms with Gasteiger partial charge in [-0.3, -0.25) is 0 Å². The second-order valence-electron chi connectivity index (χ2n) is 9.78. The summed E-state index contributed by atoms with van der Waals surface area (Å²) >= 11 is 0. The van der Waals surface area contributed by atoms with Crippen LogP contribution in [0.1, 0.15) is 44.4 Å². The van der Waals surface area contributed by atoms with Gasteiger partial charge in [0.15, 0.2) is 12.2 Å². The third-order valence-corrected chi connectivity index (χ3v) is 5.47. The van der Waals surface area contributed by atoms with Crippen molar-refractivity contribution in [3.05, 3.63) is 71.0 Å². The van der Waals surface area contributed by atoms with Crippen LogP contribution in [0.3, 0.4) is 0 Å². The molecule has 1 aliphatic heterocycles. The topological polar surface area (TPSA) is 85.9 Å². The summed E-state index contributed by atoms with van der Waals surface area (Å²) in [5, 5.41) is 5.73. The van der Waals surface area contributed by atoms with E-state index in [1.165, 1.54) is 30.3 Å². The Hall–Kier alpha value is -3.27. The van der Waals surface area contributed by atoms with Crippen LogP contribution in [-0.4, -0.2) is 42.6 Å². The van der Waals surface area contributed by atoms with Gasteiger partial charge in [-0.1, -0.05) is 36.4 Å². The van der Waals surface area contributed by atoms with Crippen molar-refractivity contribution in [3.8, 4) is 0 Å². The van der Waals surface area contributed by atoms with Crippen LogP contribution in [0.5, 0.6) is 0 Å². The fraction of sp³-hybridized carbons (Fsp3) is 0.462. The standard InChI is InChI=1S/C26H31F3N2O5/c1-25(2,3)36-24(33)34-21-15-30-20(13-16-8-10-18(11-9-16)26(4,28)29)22(21)35-23(32)31-14-17-6-5-7-19(27)12-17/h5-12,20-22,30H,13-15H2,1-4H3,(H,31,32)/t20-,21?,22+/m1/s1. The smallest absolute Gasteiger partial charge is 0.441 e. The first-order chi connectivity index (χ1) is 16.8. The Morgan fingerprint density at radius 2 is 1.72 bits per heavy atom. The second-order valence-corrected chi connectivity index (χ2v) is 9.78. The number of benzene rings is 2. The molecule has 1 amide bonds. The fourth-order valence-corrected chi connectivity index (χ4v) is 3.79. The van der Waals surface area contributed by atoms with Crippen LogP contribution in [0, 0.1) is 5.82 Å². The normalized spacial score (nSPS) is 20.0. The maximum absolute atomic E-state index is 13.5. The van der Waals surface area contributed by atoms with Crippen molar-refractivity contribution in [2.24, 2.45) is 0 Å². The zero-order valence-electron chi connectivity index (χ0n) is 20.6. The van der Waals surface area contributed by atoms with Crippen LogP contribution < -0.4 is 10.6 Å². The molecular formula is C26H31F3N2O5. The molecule has 1 heterocycles. The van der Waals surface area contributed by atoms with E-state index in [9.17, 15) is 22.8 Å². The van der Waals surface area contributed by atoms with Gasteiger partial charge in [0.1, 0.15) is 11.4 Å². The molecule has 0 aliphatic carbocycles. The molecule has 2 aromatic carbocycles. The molecule has 1 unspecified atom stereocenters. The summed E-state index contributed by atoms with van der Waals surface area (Å²) in [6.45, 7) is 6.14. The quantitative estimate of drug-likeness (QED) is 0.508. The van der Waals surface area contributed by atoms with E-state index in [1.54, 1.807) is 39.0 Å². The number of rotatable bonds is 7. The molecule has 2 N–H and O–H groups in total. The van der Waals surface area contributed by atoms with Crippen LogP contribution in [0.4, 0.5) is 22.8 Å². The third-order valence-electron chi connectivity index (χ3n) is 5.47. The molecule has 36 heavy (non-hydrogen) atoms. The van der Waals surface area contributed by atoms with Gasteiger partial charge >= 0.3 is 12.2 Å². The number of amides is 1. The van der Waals surface area contributed by atoms with Gasteiger partial charge in [0, 0.05) is 25.6 Å². The van der Waals surface area contributed by atoms with Crippen molar-refractivity contribution in [1.29, 1.82) is 0 Å². The molecule has 1 fully saturated rings. The molecule has 0 spiro atoms. The lowest BCUT2D eigenvalue weighted by atomic mass is 9.99. The number of alkyl halides is 2. The molecule has 0 aromatic heterocycles. The zero-order chi connectivity index (χ0) is 26.5. The number of nitrogens with one attached hydrogen (secondary N) is 2. The minimum atomic E-state index is -2.96. The van der Waals surface area contributed by atoms with Gasteiger partial charge in [0.2, 0.25) is 0 Å². The average molecular weight is 509 g/mol. The first-order valence-corrected chi connectivity index (χ1v) is 11.6. The Labute approximate surface area is 208 Å². The lowest BCUT2D eigenvalue weighted by Crippen LogP contribution is -2.43. The molecule has 1 saturated heterocycles. The van der Waals surface area contributed by atoms with Gasteiger partial charge in [-0.05, 0) is 50.5 Å². The van der Waals surface area contributed by atoms with Gasteiger partial charge < -0.3 is 24.8 Å². The van der Waals surface area contributed by atoms with E-state index >= 15 is 0 Å². The second kappa shape index (κ2) is 11.2. The first kappa shape index (κ1) is 27.3. The van der Waals surface area contributed by atoms with Crippen molar-refractivity contribution < 1.29 is 37.0 Å². The SMILES string of the molecule is CC(C)(C)OC(=O)OC1CN[C@H](Cc2ccc(C(C)(F)F)cc2)[C@@H]1OC(=O)NCc1cccc(F)c1. The summed E-state index contributed by atoms with van der Waals surface area (Å²) in [5.74, 6) is -3.39.